The zero-order chi connectivity index (χ0) is 13.8. The van der Waals surface area contributed by atoms with Crippen LogP contribution in [0, 0.1) is 6.92 Å². The zero-order valence-corrected chi connectivity index (χ0v) is 13.2. The van der Waals surface area contributed by atoms with E-state index in [1.165, 1.54) is 21.7 Å². The van der Waals surface area contributed by atoms with Gasteiger partial charge in [-0.1, -0.05) is 36.6 Å². The van der Waals surface area contributed by atoms with Crippen LogP contribution in [0.25, 0.3) is 10.4 Å². The van der Waals surface area contributed by atoms with E-state index < -0.39 is 0 Å². The van der Waals surface area contributed by atoms with Crippen molar-refractivity contribution in [3.05, 3.63) is 45.8 Å². The molecule has 0 saturated heterocycles. The molecule has 1 aromatic heterocycles. The molecule has 0 aliphatic rings. The summed E-state index contributed by atoms with van der Waals surface area (Å²) >= 11 is 8.14. The van der Waals surface area contributed by atoms with Crippen molar-refractivity contribution in [1.29, 1.82) is 0 Å². The number of halogens is 1. The zero-order valence-electron chi connectivity index (χ0n) is 11.7. The van der Waals surface area contributed by atoms with Crippen molar-refractivity contribution in [2.75, 3.05) is 7.05 Å². The highest BCUT2D eigenvalue weighted by molar-refractivity contribution is 7.15. The van der Waals surface area contributed by atoms with E-state index in [-0.39, 0.29) is 0 Å². The minimum atomic E-state index is 0.451. The molecular weight excluding hydrogens is 274 g/mol. The third kappa shape index (κ3) is 3.38. The first-order valence-corrected chi connectivity index (χ1v) is 7.88. The smallest absolute Gasteiger partial charge is 0.0492 e. The van der Waals surface area contributed by atoms with E-state index in [1.54, 1.807) is 0 Å². The maximum atomic E-state index is 6.31. The summed E-state index contributed by atoms with van der Waals surface area (Å²) in [6.45, 7) is 4.32. The first-order valence-electron chi connectivity index (χ1n) is 6.69. The molecule has 0 saturated carbocycles. The minimum Gasteiger partial charge on any atom is -0.312 e. The Kier molecular flexibility index (Phi) is 5.03. The Morgan fingerprint density at radius 3 is 2.74 bits per heavy atom. The van der Waals surface area contributed by atoms with Crippen LogP contribution in [-0.2, 0) is 0 Å². The van der Waals surface area contributed by atoms with Gasteiger partial charge in [0, 0.05) is 26.4 Å². The highest BCUT2D eigenvalue weighted by atomic mass is 35.5. The van der Waals surface area contributed by atoms with E-state index >= 15 is 0 Å². The van der Waals surface area contributed by atoms with Crippen LogP contribution < -0.4 is 5.32 Å². The summed E-state index contributed by atoms with van der Waals surface area (Å²) in [7, 11) is 2.03. The maximum absolute atomic E-state index is 6.31. The SMILES string of the molecule is CCCC(NC)c1ccc(-c2cc(C)ccc2Cl)s1. The molecule has 0 radical (unpaired) electrons. The Morgan fingerprint density at radius 1 is 1.26 bits per heavy atom. The van der Waals surface area contributed by atoms with Gasteiger partial charge in [-0.3, -0.25) is 0 Å². The molecule has 1 nitrogen and oxygen atoms in total. The molecule has 1 unspecified atom stereocenters. The fourth-order valence-corrected chi connectivity index (χ4v) is 3.69. The second kappa shape index (κ2) is 6.56. The maximum Gasteiger partial charge on any atom is 0.0492 e. The molecule has 0 spiro atoms. The fourth-order valence-electron chi connectivity index (χ4n) is 2.23. The van der Waals surface area contributed by atoms with Gasteiger partial charge in [0.05, 0.1) is 0 Å². The summed E-state index contributed by atoms with van der Waals surface area (Å²) in [5.41, 5.74) is 2.39. The number of hydrogen-bond acceptors (Lipinski definition) is 2. The van der Waals surface area contributed by atoms with Gasteiger partial charge in [0.1, 0.15) is 0 Å². The number of benzene rings is 1. The molecule has 19 heavy (non-hydrogen) atoms. The lowest BCUT2D eigenvalue weighted by molar-refractivity contribution is 0.550. The van der Waals surface area contributed by atoms with Crippen LogP contribution >= 0.6 is 22.9 Å². The van der Waals surface area contributed by atoms with E-state index in [1.807, 2.05) is 30.5 Å². The fraction of sp³-hybridized carbons (Fsp3) is 0.375. The molecular formula is C16H20ClNS. The summed E-state index contributed by atoms with van der Waals surface area (Å²) in [5, 5.41) is 4.22. The van der Waals surface area contributed by atoms with Crippen LogP contribution in [0.15, 0.2) is 30.3 Å². The van der Waals surface area contributed by atoms with Crippen LogP contribution in [0.3, 0.4) is 0 Å². The van der Waals surface area contributed by atoms with E-state index in [0.29, 0.717) is 6.04 Å². The molecule has 0 aliphatic carbocycles. The average molecular weight is 294 g/mol. The molecule has 2 aromatic rings. The monoisotopic (exact) mass is 293 g/mol. The van der Waals surface area contributed by atoms with Crippen molar-refractivity contribution in [1.82, 2.24) is 5.32 Å². The van der Waals surface area contributed by atoms with E-state index in [9.17, 15) is 0 Å². The van der Waals surface area contributed by atoms with E-state index in [0.717, 1.165) is 17.0 Å². The van der Waals surface area contributed by atoms with Crippen LogP contribution in [0.2, 0.25) is 5.02 Å². The molecule has 1 N–H and O–H groups in total. The lowest BCUT2D eigenvalue weighted by Crippen LogP contribution is -2.14. The van der Waals surface area contributed by atoms with Crippen molar-refractivity contribution in [3.8, 4) is 10.4 Å². The van der Waals surface area contributed by atoms with Crippen LogP contribution in [0.1, 0.15) is 36.2 Å². The minimum absolute atomic E-state index is 0.451. The normalized spacial score (nSPS) is 12.6. The average Bonchev–Trinajstić information content (AvgIpc) is 2.88. The summed E-state index contributed by atoms with van der Waals surface area (Å²) in [6.07, 6.45) is 2.35. The van der Waals surface area contributed by atoms with Crippen molar-refractivity contribution >= 4 is 22.9 Å². The van der Waals surface area contributed by atoms with Crippen molar-refractivity contribution in [3.63, 3.8) is 0 Å². The lowest BCUT2D eigenvalue weighted by atomic mass is 10.1. The Hall–Kier alpha value is -0.830. The number of nitrogens with one attached hydrogen (secondary N) is 1. The summed E-state index contributed by atoms with van der Waals surface area (Å²) in [5.74, 6) is 0. The first-order chi connectivity index (χ1) is 9.15. The Morgan fingerprint density at radius 2 is 2.05 bits per heavy atom. The molecule has 1 aromatic carbocycles. The Labute approximate surface area is 124 Å². The summed E-state index contributed by atoms with van der Waals surface area (Å²) < 4.78 is 0. The summed E-state index contributed by atoms with van der Waals surface area (Å²) in [4.78, 5) is 2.64. The molecule has 3 heteroatoms. The van der Waals surface area contributed by atoms with Gasteiger partial charge in [-0.15, -0.1) is 11.3 Å². The van der Waals surface area contributed by atoms with Gasteiger partial charge in [-0.25, -0.2) is 0 Å². The van der Waals surface area contributed by atoms with E-state index in [4.69, 9.17) is 11.6 Å². The molecule has 0 aliphatic heterocycles. The van der Waals surface area contributed by atoms with Crippen LogP contribution in [-0.4, -0.2) is 7.05 Å². The lowest BCUT2D eigenvalue weighted by Gasteiger charge is -2.12. The quantitative estimate of drug-likeness (QED) is 0.774. The molecule has 102 valence electrons. The highest BCUT2D eigenvalue weighted by Gasteiger charge is 2.13. The van der Waals surface area contributed by atoms with Crippen LogP contribution in [0.5, 0.6) is 0 Å². The second-order valence-electron chi connectivity index (χ2n) is 4.82. The van der Waals surface area contributed by atoms with Crippen molar-refractivity contribution in [2.24, 2.45) is 0 Å². The molecule has 0 bridgehead atoms. The number of rotatable bonds is 5. The Balaban J connectivity index is 2.32. The van der Waals surface area contributed by atoms with Gasteiger partial charge < -0.3 is 5.32 Å². The molecule has 1 atom stereocenters. The third-order valence-corrected chi connectivity index (χ3v) is 4.85. The third-order valence-electron chi connectivity index (χ3n) is 3.28. The first kappa shape index (κ1) is 14.6. The molecule has 0 fully saturated rings. The number of aryl methyl sites for hydroxylation is 1. The van der Waals surface area contributed by atoms with E-state index in [2.05, 4.69) is 37.4 Å². The van der Waals surface area contributed by atoms with Crippen LogP contribution in [0.4, 0.5) is 0 Å². The molecule has 0 amide bonds. The summed E-state index contributed by atoms with van der Waals surface area (Å²) in [6, 6.07) is 11.0. The van der Waals surface area contributed by atoms with Crippen molar-refractivity contribution < 1.29 is 0 Å². The number of thiophene rings is 1. The molecule has 2 rings (SSSR count). The van der Waals surface area contributed by atoms with Gasteiger partial charge in [-0.2, -0.15) is 0 Å². The second-order valence-corrected chi connectivity index (χ2v) is 6.34. The Bertz CT molecular complexity index is 547. The number of hydrogen-bond donors (Lipinski definition) is 1. The topological polar surface area (TPSA) is 12.0 Å². The standard InChI is InChI=1S/C16H20ClNS/c1-4-5-14(18-3)16-9-8-15(19-16)12-10-11(2)6-7-13(12)17/h6-10,14,18H,4-5H2,1-3H3. The van der Waals surface area contributed by atoms with Gasteiger partial charge in [0.15, 0.2) is 0 Å². The highest BCUT2D eigenvalue weighted by Crippen LogP contribution is 2.36. The van der Waals surface area contributed by atoms with Crippen molar-refractivity contribution in [2.45, 2.75) is 32.7 Å². The van der Waals surface area contributed by atoms with Gasteiger partial charge in [0.2, 0.25) is 0 Å². The van der Waals surface area contributed by atoms with Gasteiger partial charge in [0.25, 0.3) is 0 Å². The van der Waals surface area contributed by atoms with Gasteiger partial charge in [-0.05, 0) is 44.7 Å². The molecule has 1 heterocycles. The van der Waals surface area contributed by atoms with Gasteiger partial charge >= 0.3 is 0 Å². The predicted molar refractivity (Wildman–Crippen MR) is 86.2 cm³/mol. The largest absolute Gasteiger partial charge is 0.312 e. The predicted octanol–water partition coefficient (Wildman–Crippen LogP) is 5.44.